The van der Waals surface area contributed by atoms with Crippen LogP contribution in [0.15, 0.2) is 60.7 Å². The van der Waals surface area contributed by atoms with Crippen LogP contribution in [-0.2, 0) is 28.4 Å². The van der Waals surface area contributed by atoms with E-state index in [1.165, 1.54) is 12.1 Å². The molecule has 0 aromatic heterocycles. The van der Waals surface area contributed by atoms with Crippen molar-refractivity contribution in [3.63, 3.8) is 0 Å². The van der Waals surface area contributed by atoms with E-state index in [2.05, 4.69) is 0 Å². The molecule has 6 bridgehead atoms. The molecule has 42 heavy (non-hydrogen) atoms. The maximum atomic E-state index is 13.0. The summed E-state index contributed by atoms with van der Waals surface area (Å²) in [5, 5.41) is 43.0. The molecule has 2 aromatic carbocycles. The summed E-state index contributed by atoms with van der Waals surface area (Å²) >= 11 is 0. The van der Waals surface area contributed by atoms with Crippen molar-refractivity contribution in [3.8, 4) is 0 Å². The molecule has 7 aliphatic rings. The van der Waals surface area contributed by atoms with E-state index >= 15 is 0 Å². The molecule has 0 amide bonds. The normalized spacial score (nSPS) is 44.5. The Morgan fingerprint density at radius 2 is 1.60 bits per heavy atom. The van der Waals surface area contributed by atoms with Gasteiger partial charge >= 0.3 is 11.9 Å². The van der Waals surface area contributed by atoms with Gasteiger partial charge in [0.15, 0.2) is 24.5 Å². The van der Waals surface area contributed by atoms with Gasteiger partial charge < -0.3 is 48.8 Å². The molecule has 4 N–H and O–H groups in total. The maximum Gasteiger partial charge on any atom is 0.338 e. The summed E-state index contributed by atoms with van der Waals surface area (Å²) in [7, 11) is 0. The molecule has 0 radical (unpaired) electrons. The van der Waals surface area contributed by atoms with Crippen LogP contribution in [0.4, 0.5) is 0 Å². The fourth-order valence-electron chi connectivity index (χ4n) is 7.75. The number of hydrogen-bond donors (Lipinski definition) is 4. The summed E-state index contributed by atoms with van der Waals surface area (Å²) < 4.78 is 36.3. The first-order chi connectivity index (χ1) is 20.1. The predicted octanol–water partition coefficient (Wildman–Crippen LogP) is 0.507. The van der Waals surface area contributed by atoms with Gasteiger partial charge in [0.2, 0.25) is 0 Å². The highest BCUT2D eigenvalue weighted by Crippen LogP contribution is 2.81. The molecular formula is C30H32O12. The number of hydrogen-bond acceptors (Lipinski definition) is 12. The molecule has 11 atom stereocenters. The highest BCUT2D eigenvalue weighted by Gasteiger charge is 2.94. The number of carbonyl (C=O) groups is 2. The Morgan fingerprint density at radius 1 is 0.952 bits per heavy atom. The Balaban J connectivity index is 1.21. The first kappa shape index (κ1) is 27.9. The molecule has 7 fully saturated rings. The number of ether oxygens (including phenoxy) is 6. The van der Waals surface area contributed by atoms with E-state index in [0.717, 1.165) is 0 Å². The van der Waals surface area contributed by atoms with E-state index in [1.54, 1.807) is 55.5 Å². The third-order valence-electron chi connectivity index (χ3n) is 9.80. The molecule has 12 heteroatoms. The minimum atomic E-state index is -1.67. The summed E-state index contributed by atoms with van der Waals surface area (Å²) in [6.07, 6.45) is -8.19. The van der Waals surface area contributed by atoms with Gasteiger partial charge in [-0.05, 0) is 37.6 Å². The van der Waals surface area contributed by atoms with Gasteiger partial charge in [-0.25, -0.2) is 9.59 Å². The summed E-state index contributed by atoms with van der Waals surface area (Å²) in [4.78, 5) is 26.0. The van der Waals surface area contributed by atoms with Gasteiger partial charge in [-0.1, -0.05) is 36.4 Å². The second kappa shape index (κ2) is 9.53. The number of aliphatic hydroxyl groups excluding tert-OH is 3. The van der Waals surface area contributed by atoms with E-state index in [9.17, 15) is 30.0 Å². The highest BCUT2D eigenvalue weighted by atomic mass is 16.8. The van der Waals surface area contributed by atoms with Crippen LogP contribution in [0.25, 0.3) is 0 Å². The lowest BCUT2D eigenvalue weighted by Crippen LogP contribution is -2.81. The Bertz CT molecular complexity index is 1370. The van der Waals surface area contributed by atoms with Crippen molar-refractivity contribution in [1.29, 1.82) is 0 Å². The molecule has 12 nitrogen and oxygen atoms in total. The summed E-state index contributed by atoms with van der Waals surface area (Å²) in [5.74, 6) is -3.41. The van der Waals surface area contributed by atoms with Gasteiger partial charge in [-0.15, -0.1) is 0 Å². The van der Waals surface area contributed by atoms with Crippen molar-refractivity contribution in [3.05, 3.63) is 71.8 Å². The van der Waals surface area contributed by atoms with Crippen molar-refractivity contribution in [2.45, 2.75) is 73.8 Å². The van der Waals surface area contributed by atoms with Crippen LogP contribution in [0.2, 0.25) is 0 Å². The third kappa shape index (κ3) is 3.64. The molecule has 9 rings (SSSR count). The van der Waals surface area contributed by atoms with Gasteiger partial charge in [-0.3, -0.25) is 0 Å². The lowest BCUT2D eigenvalue weighted by atomic mass is 9.41. The van der Waals surface area contributed by atoms with Crippen LogP contribution in [0.3, 0.4) is 0 Å². The van der Waals surface area contributed by atoms with E-state index in [4.69, 9.17) is 28.4 Å². The minimum Gasteiger partial charge on any atom is -0.461 e. The van der Waals surface area contributed by atoms with Crippen LogP contribution in [0, 0.1) is 11.3 Å². The molecule has 4 saturated heterocycles. The summed E-state index contributed by atoms with van der Waals surface area (Å²) in [6.45, 7) is 0.891. The van der Waals surface area contributed by atoms with E-state index in [-0.39, 0.29) is 25.0 Å². The van der Waals surface area contributed by atoms with Crippen LogP contribution in [0.1, 0.15) is 40.5 Å². The number of aliphatic hydroxyl groups is 4. The minimum absolute atomic E-state index is 0.0470. The Morgan fingerprint density at radius 3 is 2.24 bits per heavy atom. The monoisotopic (exact) mass is 584 g/mol. The zero-order valence-electron chi connectivity index (χ0n) is 22.7. The topological polar surface area (TPSA) is 170 Å². The number of benzene rings is 2. The van der Waals surface area contributed by atoms with Crippen molar-refractivity contribution < 1.29 is 58.4 Å². The van der Waals surface area contributed by atoms with Gasteiger partial charge in [0.25, 0.3) is 0 Å². The SMILES string of the molecule is CC12CC3(O)OC(O1)C1(COC(=O)c4ccccc4)C3CC21OC1OC(CO)C(O)C(O)C1OC(=O)c1ccccc1. The van der Waals surface area contributed by atoms with Gasteiger partial charge in [0.1, 0.15) is 36.1 Å². The van der Waals surface area contributed by atoms with Crippen LogP contribution < -0.4 is 0 Å². The Labute approximate surface area is 240 Å². The number of carbonyl (C=O) groups excluding carboxylic acids is 2. The molecule has 0 spiro atoms. The molecule has 3 aliphatic carbocycles. The van der Waals surface area contributed by atoms with Crippen molar-refractivity contribution in [1.82, 2.24) is 0 Å². The smallest absolute Gasteiger partial charge is 0.338 e. The largest absolute Gasteiger partial charge is 0.461 e. The predicted molar refractivity (Wildman–Crippen MR) is 138 cm³/mol. The average Bonchev–Trinajstić information content (AvgIpc) is 3.18. The van der Waals surface area contributed by atoms with Crippen molar-refractivity contribution in [2.75, 3.05) is 13.2 Å². The van der Waals surface area contributed by atoms with Crippen LogP contribution >= 0.6 is 0 Å². The van der Waals surface area contributed by atoms with E-state index in [0.29, 0.717) is 5.56 Å². The highest BCUT2D eigenvalue weighted by molar-refractivity contribution is 5.89. The molecule has 4 heterocycles. The summed E-state index contributed by atoms with van der Waals surface area (Å²) in [6, 6.07) is 16.5. The van der Waals surface area contributed by atoms with Crippen LogP contribution in [-0.4, -0.2) is 99.6 Å². The number of rotatable bonds is 8. The quantitative estimate of drug-likeness (QED) is 0.318. The standard InChI is InChI=1S/C30H32O12/c1-27-14-29(36)19-12-30(27,28(19,26(41-27)42-29)15-37-23(34)16-8-4-2-5-9-16)40-25-22(21(33)20(32)18(13-31)38-25)39-24(35)17-10-6-3-7-11-17/h2-11,18-22,25-26,31-33,36H,12-15H2,1H3. The lowest BCUT2D eigenvalue weighted by Gasteiger charge is -2.67. The maximum absolute atomic E-state index is 13.0. The second-order valence-electron chi connectivity index (χ2n) is 11.9. The van der Waals surface area contributed by atoms with Crippen LogP contribution in [0.5, 0.6) is 0 Å². The molecular weight excluding hydrogens is 552 g/mol. The van der Waals surface area contributed by atoms with Crippen molar-refractivity contribution in [2.24, 2.45) is 11.3 Å². The lowest BCUT2D eigenvalue weighted by molar-refractivity contribution is -0.423. The average molecular weight is 585 g/mol. The number of esters is 2. The molecule has 224 valence electrons. The van der Waals surface area contributed by atoms with Gasteiger partial charge in [-0.2, -0.15) is 0 Å². The zero-order chi connectivity index (χ0) is 29.5. The zero-order valence-corrected chi connectivity index (χ0v) is 22.7. The summed E-state index contributed by atoms with van der Waals surface area (Å²) in [5.41, 5.74) is -3.04. The fraction of sp³-hybridized carbons (Fsp3) is 0.533. The molecule has 4 aliphatic heterocycles. The Hall–Kier alpha value is -2.94. The first-order valence-electron chi connectivity index (χ1n) is 13.9. The third-order valence-corrected chi connectivity index (χ3v) is 9.80. The molecule has 3 saturated carbocycles. The first-order valence-corrected chi connectivity index (χ1v) is 13.9. The van der Waals surface area contributed by atoms with E-state index < -0.39 is 83.9 Å². The van der Waals surface area contributed by atoms with E-state index in [1.807, 2.05) is 0 Å². The fourth-order valence-corrected chi connectivity index (χ4v) is 7.75. The molecule has 11 unspecified atom stereocenters. The second-order valence-corrected chi connectivity index (χ2v) is 11.9. The Kier molecular flexibility index (Phi) is 6.32. The van der Waals surface area contributed by atoms with Gasteiger partial charge in [0, 0.05) is 12.3 Å². The van der Waals surface area contributed by atoms with Crippen molar-refractivity contribution >= 4 is 11.9 Å². The van der Waals surface area contributed by atoms with Gasteiger partial charge in [0.05, 0.1) is 23.1 Å². The molecule has 2 aromatic rings.